The second-order valence-corrected chi connectivity index (χ2v) is 5.43. The van der Waals surface area contributed by atoms with Crippen molar-refractivity contribution in [1.82, 2.24) is 0 Å². The third kappa shape index (κ3) is 2.71. The first kappa shape index (κ1) is 14.2. The summed E-state index contributed by atoms with van der Waals surface area (Å²) in [7, 11) is 3.41. The molecule has 2 rings (SSSR count). The monoisotopic (exact) mass is 263 g/mol. The number of nitrogens with two attached hydrogens (primary N) is 1. The molecule has 1 aromatic rings. The average Bonchev–Trinajstić information content (AvgIpc) is 2.46. The normalized spacial score (nSPS) is 18.1. The van der Waals surface area contributed by atoms with Gasteiger partial charge in [0.05, 0.1) is 14.2 Å². The molecule has 0 spiro atoms. The Kier molecular flexibility index (Phi) is 4.35. The van der Waals surface area contributed by atoms with E-state index in [1.54, 1.807) is 14.2 Å². The van der Waals surface area contributed by atoms with Crippen LogP contribution in [-0.2, 0) is 12.0 Å². The van der Waals surface area contributed by atoms with Crippen LogP contribution in [0.15, 0.2) is 12.1 Å². The number of rotatable bonds is 4. The second kappa shape index (κ2) is 5.83. The molecule has 0 unspecified atom stereocenters. The largest absolute Gasteiger partial charge is 0.496 e. The molecule has 0 aromatic heterocycles. The third-order valence-corrected chi connectivity index (χ3v) is 4.27. The average molecular weight is 263 g/mol. The molecule has 3 nitrogen and oxygen atoms in total. The predicted octanol–water partition coefficient (Wildman–Crippen LogP) is 3.38. The van der Waals surface area contributed by atoms with E-state index < -0.39 is 0 Å². The first-order valence-electron chi connectivity index (χ1n) is 7.19. The van der Waals surface area contributed by atoms with E-state index in [9.17, 15) is 0 Å². The van der Waals surface area contributed by atoms with E-state index >= 15 is 0 Å². The molecule has 0 saturated heterocycles. The number of hydrogen-bond acceptors (Lipinski definition) is 3. The van der Waals surface area contributed by atoms with Gasteiger partial charge in [-0.15, -0.1) is 0 Å². The maximum Gasteiger partial charge on any atom is 0.127 e. The zero-order valence-electron chi connectivity index (χ0n) is 12.3. The van der Waals surface area contributed by atoms with Crippen LogP contribution >= 0.6 is 0 Å². The fraction of sp³-hybridized carbons (Fsp3) is 0.625. The molecule has 0 atom stereocenters. The van der Waals surface area contributed by atoms with Crippen LogP contribution in [0.2, 0.25) is 0 Å². The van der Waals surface area contributed by atoms with E-state index in [4.69, 9.17) is 15.2 Å². The van der Waals surface area contributed by atoms with Crippen molar-refractivity contribution in [3.05, 3.63) is 23.3 Å². The van der Waals surface area contributed by atoms with Gasteiger partial charge >= 0.3 is 0 Å². The number of hydrogen-bond donors (Lipinski definition) is 1. The molecule has 1 aliphatic rings. The first-order chi connectivity index (χ1) is 9.14. The first-order valence-corrected chi connectivity index (χ1v) is 7.19. The number of ether oxygens (including phenoxy) is 2. The van der Waals surface area contributed by atoms with Crippen LogP contribution in [0, 0.1) is 0 Å². The highest BCUT2D eigenvalue weighted by Gasteiger charge is 2.32. The van der Waals surface area contributed by atoms with Gasteiger partial charge < -0.3 is 15.2 Å². The molecule has 19 heavy (non-hydrogen) atoms. The molecule has 106 valence electrons. The minimum absolute atomic E-state index is 0.236. The van der Waals surface area contributed by atoms with Crippen molar-refractivity contribution >= 4 is 0 Å². The van der Waals surface area contributed by atoms with Crippen molar-refractivity contribution in [2.24, 2.45) is 5.73 Å². The molecule has 1 saturated carbocycles. The Morgan fingerprint density at radius 3 is 2.21 bits per heavy atom. The molecule has 3 heteroatoms. The van der Waals surface area contributed by atoms with Crippen LogP contribution in [0.4, 0.5) is 0 Å². The summed E-state index contributed by atoms with van der Waals surface area (Å²) in [6, 6.07) is 4.17. The fourth-order valence-electron chi connectivity index (χ4n) is 3.08. The van der Waals surface area contributed by atoms with Crippen LogP contribution < -0.4 is 15.2 Å². The van der Waals surface area contributed by atoms with Gasteiger partial charge in [0.25, 0.3) is 0 Å². The standard InChI is InChI=1S/C16H25NO2/c1-4-12-10-13(15(19-3)11-14(12)18-2)16(17)8-6-5-7-9-16/h10-11H,4-9,17H2,1-3H3. The zero-order valence-corrected chi connectivity index (χ0v) is 12.3. The molecule has 1 aliphatic carbocycles. The molecular formula is C16H25NO2. The lowest BCUT2D eigenvalue weighted by Crippen LogP contribution is -2.39. The Hall–Kier alpha value is -1.22. The highest BCUT2D eigenvalue weighted by Crippen LogP contribution is 2.41. The second-order valence-electron chi connectivity index (χ2n) is 5.43. The van der Waals surface area contributed by atoms with Crippen molar-refractivity contribution in [2.75, 3.05) is 14.2 Å². The van der Waals surface area contributed by atoms with Gasteiger partial charge in [-0.3, -0.25) is 0 Å². The maximum atomic E-state index is 6.65. The predicted molar refractivity (Wildman–Crippen MR) is 77.9 cm³/mol. The van der Waals surface area contributed by atoms with Crippen LogP contribution in [0.25, 0.3) is 0 Å². The summed E-state index contributed by atoms with van der Waals surface area (Å²) >= 11 is 0. The Balaban J connectivity index is 2.48. The van der Waals surface area contributed by atoms with Gasteiger partial charge in [0, 0.05) is 17.2 Å². The Morgan fingerprint density at radius 1 is 1.05 bits per heavy atom. The van der Waals surface area contributed by atoms with Crippen molar-refractivity contribution in [3.63, 3.8) is 0 Å². The minimum atomic E-state index is -0.236. The van der Waals surface area contributed by atoms with Gasteiger partial charge in [-0.05, 0) is 30.9 Å². The summed E-state index contributed by atoms with van der Waals surface area (Å²) in [5.74, 6) is 1.75. The molecule has 0 amide bonds. The van der Waals surface area contributed by atoms with Gasteiger partial charge in [0.2, 0.25) is 0 Å². The van der Waals surface area contributed by atoms with Crippen molar-refractivity contribution in [3.8, 4) is 11.5 Å². The van der Waals surface area contributed by atoms with Crippen LogP contribution in [-0.4, -0.2) is 14.2 Å². The highest BCUT2D eigenvalue weighted by molar-refractivity contribution is 5.49. The lowest BCUT2D eigenvalue weighted by molar-refractivity contribution is 0.287. The minimum Gasteiger partial charge on any atom is -0.496 e. The molecule has 0 radical (unpaired) electrons. The summed E-state index contributed by atoms with van der Waals surface area (Å²) in [4.78, 5) is 0. The number of methoxy groups -OCH3 is 2. The van der Waals surface area contributed by atoms with Crippen LogP contribution in [0.3, 0.4) is 0 Å². The Labute approximate surface area is 116 Å². The van der Waals surface area contributed by atoms with Crippen LogP contribution in [0.1, 0.15) is 50.2 Å². The van der Waals surface area contributed by atoms with Crippen molar-refractivity contribution in [1.29, 1.82) is 0 Å². The van der Waals surface area contributed by atoms with Crippen molar-refractivity contribution in [2.45, 2.75) is 51.0 Å². The molecule has 0 bridgehead atoms. The number of aryl methyl sites for hydroxylation is 1. The summed E-state index contributed by atoms with van der Waals surface area (Å²) in [5, 5.41) is 0. The van der Waals surface area contributed by atoms with Gasteiger partial charge in [-0.25, -0.2) is 0 Å². The Morgan fingerprint density at radius 2 is 1.68 bits per heavy atom. The molecule has 0 aliphatic heterocycles. The van der Waals surface area contributed by atoms with E-state index in [2.05, 4.69) is 13.0 Å². The molecule has 1 aromatic carbocycles. The smallest absolute Gasteiger partial charge is 0.127 e. The van der Waals surface area contributed by atoms with E-state index in [1.807, 2.05) is 6.07 Å². The number of benzene rings is 1. The van der Waals surface area contributed by atoms with Gasteiger partial charge in [-0.2, -0.15) is 0 Å². The van der Waals surface area contributed by atoms with Crippen LogP contribution in [0.5, 0.6) is 11.5 Å². The fourth-order valence-corrected chi connectivity index (χ4v) is 3.08. The highest BCUT2D eigenvalue weighted by atomic mass is 16.5. The lowest BCUT2D eigenvalue weighted by atomic mass is 9.76. The van der Waals surface area contributed by atoms with Gasteiger partial charge in [0.15, 0.2) is 0 Å². The molecular weight excluding hydrogens is 238 g/mol. The quantitative estimate of drug-likeness (QED) is 0.905. The zero-order chi connectivity index (χ0) is 13.9. The molecule has 2 N–H and O–H groups in total. The van der Waals surface area contributed by atoms with E-state index in [0.29, 0.717) is 0 Å². The summed E-state index contributed by atoms with van der Waals surface area (Å²) in [5.41, 5.74) is 8.76. The maximum absolute atomic E-state index is 6.65. The van der Waals surface area contributed by atoms with E-state index in [1.165, 1.54) is 24.8 Å². The van der Waals surface area contributed by atoms with E-state index in [0.717, 1.165) is 36.3 Å². The lowest BCUT2D eigenvalue weighted by Gasteiger charge is -2.35. The Bertz CT molecular complexity index is 437. The molecule has 0 heterocycles. The van der Waals surface area contributed by atoms with E-state index in [-0.39, 0.29) is 5.54 Å². The van der Waals surface area contributed by atoms with Gasteiger partial charge in [-0.1, -0.05) is 26.2 Å². The summed E-state index contributed by atoms with van der Waals surface area (Å²) < 4.78 is 11.0. The summed E-state index contributed by atoms with van der Waals surface area (Å²) in [6.45, 7) is 2.14. The van der Waals surface area contributed by atoms with Crippen molar-refractivity contribution < 1.29 is 9.47 Å². The van der Waals surface area contributed by atoms with Gasteiger partial charge in [0.1, 0.15) is 11.5 Å². The summed E-state index contributed by atoms with van der Waals surface area (Å²) in [6.07, 6.45) is 6.71. The topological polar surface area (TPSA) is 44.5 Å². The molecule has 1 fully saturated rings. The third-order valence-electron chi connectivity index (χ3n) is 4.27. The SMILES string of the molecule is CCc1cc(C2(N)CCCCC2)c(OC)cc1OC.